The van der Waals surface area contributed by atoms with Crippen molar-refractivity contribution >= 4 is 21.4 Å². The van der Waals surface area contributed by atoms with Gasteiger partial charge in [0.05, 0.1) is 9.90 Å². The van der Waals surface area contributed by atoms with Gasteiger partial charge in [0, 0.05) is 30.1 Å². The van der Waals surface area contributed by atoms with Gasteiger partial charge in [0.15, 0.2) is 0 Å². The Balaban J connectivity index is 1.97. The molecule has 0 saturated heterocycles. The Bertz CT molecular complexity index is 691. The number of nitrogens with two attached hydrogens (primary N) is 1. The van der Waals surface area contributed by atoms with Crippen molar-refractivity contribution in [1.82, 2.24) is 9.71 Å². The summed E-state index contributed by atoms with van der Waals surface area (Å²) in [6.45, 7) is 4.12. The van der Waals surface area contributed by atoms with Crippen LogP contribution in [0.4, 0.5) is 0 Å². The van der Waals surface area contributed by atoms with Crippen molar-refractivity contribution < 1.29 is 8.42 Å². The zero-order valence-electron chi connectivity index (χ0n) is 12.0. The van der Waals surface area contributed by atoms with E-state index in [1.54, 1.807) is 35.6 Å². The lowest BCUT2D eigenvalue weighted by Crippen LogP contribution is -2.26. The number of nitrogens with one attached hydrogen (secondary N) is 1. The molecule has 0 aliphatic heterocycles. The van der Waals surface area contributed by atoms with Crippen LogP contribution in [0.2, 0.25) is 0 Å². The van der Waals surface area contributed by atoms with E-state index in [1.807, 2.05) is 19.2 Å². The van der Waals surface area contributed by atoms with Gasteiger partial charge in [0.25, 0.3) is 0 Å². The van der Waals surface area contributed by atoms with Crippen molar-refractivity contribution in [1.29, 1.82) is 0 Å². The topological polar surface area (TPSA) is 85.1 Å². The fourth-order valence-electron chi connectivity index (χ4n) is 1.84. The average molecular weight is 325 g/mol. The van der Waals surface area contributed by atoms with Crippen LogP contribution in [0.1, 0.15) is 29.2 Å². The smallest absolute Gasteiger partial charge is 0.240 e. The summed E-state index contributed by atoms with van der Waals surface area (Å²) in [7, 11) is -3.48. The molecule has 0 saturated carbocycles. The number of benzene rings is 1. The normalized spacial score (nSPS) is 13.3. The molecule has 0 aliphatic carbocycles. The number of sulfonamides is 1. The Morgan fingerprint density at radius 2 is 2.00 bits per heavy atom. The third-order valence-corrected chi connectivity index (χ3v) is 5.52. The third kappa shape index (κ3) is 4.34. The summed E-state index contributed by atoms with van der Waals surface area (Å²) in [5.41, 5.74) is 7.62. The van der Waals surface area contributed by atoms with E-state index in [0.29, 0.717) is 13.0 Å². The van der Waals surface area contributed by atoms with Crippen LogP contribution in [0.15, 0.2) is 34.5 Å². The van der Waals surface area contributed by atoms with Crippen LogP contribution in [0.5, 0.6) is 0 Å². The zero-order valence-corrected chi connectivity index (χ0v) is 13.7. The Morgan fingerprint density at radius 3 is 2.52 bits per heavy atom. The molecular weight excluding hydrogens is 306 g/mol. The van der Waals surface area contributed by atoms with Crippen LogP contribution < -0.4 is 10.5 Å². The minimum absolute atomic E-state index is 0.108. The third-order valence-electron chi connectivity index (χ3n) is 3.01. The molecule has 0 aliphatic rings. The maximum atomic E-state index is 12.1. The molecular formula is C14H19N3O2S2. The van der Waals surface area contributed by atoms with E-state index < -0.39 is 10.0 Å². The molecule has 1 aromatic carbocycles. The molecule has 1 aromatic heterocycles. The lowest BCUT2D eigenvalue weighted by Gasteiger charge is -2.08. The number of rotatable bonds is 6. The first-order valence-corrected chi connectivity index (χ1v) is 9.01. The first-order valence-electron chi connectivity index (χ1n) is 6.65. The molecule has 0 radical (unpaired) electrons. The van der Waals surface area contributed by atoms with E-state index in [0.717, 1.165) is 16.3 Å². The van der Waals surface area contributed by atoms with E-state index >= 15 is 0 Å². The Kier molecular flexibility index (Phi) is 5.10. The van der Waals surface area contributed by atoms with Gasteiger partial charge >= 0.3 is 0 Å². The van der Waals surface area contributed by atoms with Gasteiger partial charge in [-0.15, -0.1) is 11.3 Å². The van der Waals surface area contributed by atoms with Crippen molar-refractivity contribution in [2.45, 2.75) is 31.2 Å². The molecule has 0 fully saturated rings. The summed E-state index contributed by atoms with van der Waals surface area (Å²) >= 11 is 1.54. The van der Waals surface area contributed by atoms with E-state index in [4.69, 9.17) is 5.73 Å². The van der Waals surface area contributed by atoms with Crippen molar-refractivity contribution in [2.24, 2.45) is 5.73 Å². The first-order chi connectivity index (χ1) is 9.88. The van der Waals surface area contributed by atoms with E-state index in [-0.39, 0.29) is 10.9 Å². The lowest BCUT2D eigenvalue weighted by atomic mass is 10.1. The van der Waals surface area contributed by atoms with E-state index in [9.17, 15) is 8.42 Å². The highest BCUT2D eigenvalue weighted by molar-refractivity contribution is 7.89. The molecule has 0 spiro atoms. The molecule has 1 atom stereocenters. The summed E-state index contributed by atoms with van der Waals surface area (Å²) in [5, 5.41) is 2.89. The fraction of sp³-hybridized carbons (Fsp3) is 0.357. The zero-order chi connectivity index (χ0) is 15.5. The maximum Gasteiger partial charge on any atom is 0.240 e. The predicted octanol–water partition coefficient (Wildman–Crippen LogP) is 1.99. The van der Waals surface area contributed by atoms with Crippen LogP contribution in [0.25, 0.3) is 0 Å². The molecule has 1 heterocycles. The van der Waals surface area contributed by atoms with Crippen LogP contribution >= 0.6 is 11.3 Å². The number of hydrogen-bond acceptors (Lipinski definition) is 5. The second-order valence-corrected chi connectivity index (χ2v) is 7.60. The number of hydrogen-bond donors (Lipinski definition) is 2. The minimum Gasteiger partial charge on any atom is -0.324 e. The van der Waals surface area contributed by atoms with Gasteiger partial charge in [-0.25, -0.2) is 18.1 Å². The highest BCUT2D eigenvalue weighted by atomic mass is 32.2. The van der Waals surface area contributed by atoms with Gasteiger partial charge in [0.1, 0.15) is 0 Å². The number of aromatic nitrogens is 1. The largest absolute Gasteiger partial charge is 0.324 e. The quantitative estimate of drug-likeness (QED) is 0.850. The highest BCUT2D eigenvalue weighted by Crippen LogP contribution is 2.15. The van der Waals surface area contributed by atoms with Crippen LogP contribution in [-0.2, 0) is 16.4 Å². The molecule has 2 rings (SSSR count). The Morgan fingerprint density at radius 1 is 1.33 bits per heavy atom. The van der Waals surface area contributed by atoms with Crippen molar-refractivity contribution in [3.05, 3.63) is 45.9 Å². The molecule has 7 heteroatoms. The summed E-state index contributed by atoms with van der Waals surface area (Å²) in [6.07, 6.45) is 0.593. The molecule has 2 aromatic rings. The second-order valence-electron chi connectivity index (χ2n) is 4.89. The summed E-state index contributed by atoms with van der Waals surface area (Å²) < 4.78 is 26.9. The second kappa shape index (κ2) is 6.65. The average Bonchev–Trinajstić information content (AvgIpc) is 2.84. The summed E-state index contributed by atoms with van der Waals surface area (Å²) in [6, 6.07) is 6.53. The van der Waals surface area contributed by atoms with Gasteiger partial charge in [-0.05, 0) is 31.5 Å². The lowest BCUT2D eigenvalue weighted by molar-refractivity contribution is 0.581. The van der Waals surface area contributed by atoms with Crippen LogP contribution in [0.3, 0.4) is 0 Å². The highest BCUT2D eigenvalue weighted by Gasteiger charge is 2.14. The summed E-state index contributed by atoms with van der Waals surface area (Å²) in [5.74, 6) is 0. The molecule has 5 nitrogen and oxygen atoms in total. The van der Waals surface area contributed by atoms with Gasteiger partial charge in [-0.2, -0.15) is 0 Å². The minimum atomic E-state index is -3.48. The van der Waals surface area contributed by atoms with E-state index in [1.165, 1.54) is 0 Å². The monoisotopic (exact) mass is 325 g/mol. The molecule has 114 valence electrons. The van der Waals surface area contributed by atoms with Gasteiger partial charge in [-0.1, -0.05) is 12.1 Å². The SMILES string of the molecule is Cc1csc(CCNS(=O)(=O)c2ccc(C(C)N)cc2)n1. The molecule has 0 amide bonds. The van der Waals surface area contributed by atoms with E-state index in [2.05, 4.69) is 9.71 Å². The van der Waals surface area contributed by atoms with Crippen molar-refractivity contribution in [3.8, 4) is 0 Å². The number of nitrogens with zero attached hydrogens (tertiary/aromatic N) is 1. The maximum absolute atomic E-state index is 12.1. The van der Waals surface area contributed by atoms with Gasteiger partial charge in [0.2, 0.25) is 10.0 Å². The Labute approximate surface area is 129 Å². The number of thiazole rings is 1. The molecule has 1 unspecified atom stereocenters. The van der Waals surface area contributed by atoms with Crippen molar-refractivity contribution in [2.75, 3.05) is 6.54 Å². The fourth-order valence-corrected chi connectivity index (χ4v) is 3.65. The van der Waals surface area contributed by atoms with Gasteiger partial charge in [-0.3, -0.25) is 0 Å². The molecule has 0 bridgehead atoms. The van der Waals surface area contributed by atoms with Crippen LogP contribution in [-0.4, -0.2) is 19.9 Å². The van der Waals surface area contributed by atoms with Crippen molar-refractivity contribution in [3.63, 3.8) is 0 Å². The predicted molar refractivity (Wildman–Crippen MR) is 84.8 cm³/mol. The van der Waals surface area contributed by atoms with Crippen LogP contribution in [0, 0.1) is 6.92 Å². The number of aryl methyl sites for hydroxylation is 1. The van der Waals surface area contributed by atoms with Gasteiger partial charge < -0.3 is 5.73 Å². The standard InChI is InChI=1S/C14H19N3O2S2/c1-10-9-20-14(17-10)7-8-16-21(18,19)13-5-3-12(4-6-13)11(2)15/h3-6,9,11,16H,7-8,15H2,1-2H3. The Hall–Kier alpha value is -1.28. The molecule has 21 heavy (non-hydrogen) atoms. The summed E-state index contributed by atoms with van der Waals surface area (Å²) in [4.78, 5) is 4.56. The first kappa shape index (κ1) is 16.1. The molecule has 3 N–H and O–H groups in total.